The summed E-state index contributed by atoms with van der Waals surface area (Å²) in [6, 6.07) is 0. The number of rotatable bonds is 0. The van der Waals surface area contributed by atoms with Crippen LogP contribution >= 0.6 is 0 Å². The SMILES string of the molecule is Cc1[nH]cc[nH+]1.[I-]. The Bertz CT molecular complexity index is 113. The van der Waals surface area contributed by atoms with Crippen LogP contribution in [0.1, 0.15) is 5.82 Å². The monoisotopic (exact) mass is 210 g/mol. The molecular formula is C4H7IN2. The fourth-order valence-corrected chi connectivity index (χ4v) is 0.375. The number of H-pyrrole nitrogens is 2. The molecule has 0 radical (unpaired) electrons. The van der Waals surface area contributed by atoms with E-state index in [0.29, 0.717) is 0 Å². The van der Waals surface area contributed by atoms with E-state index in [1.165, 1.54) is 0 Å². The minimum atomic E-state index is 0. The van der Waals surface area contributed by atoms with E-state index in [2.05, 4.69) is 9.97 Å². The minimum absolute atomic E-state index is 0. The summed E-state index contributed by atoms with van der Waals surface area (Å²) in [6.45, 7) is 1.97. The number of imidazole rings is 1. The van der Waals surface area contributed by atoms with Crippen LogP contribution in [0.15, 0.2) is 12.4 Å². The highest BCUT2D eigenvalue weighted by atomic mass is 127. The molecular weight excluding hydrogens is 203 g/mol. The van der Waals surface area contributed by atoms with Gasteiger partial charge in [-0.15, -0.1) is 0 Å². The Hall–Kier alpha value is -0.0600. The van der Waals surface area contributed by atoms with Crippen molar-refractivity contribution in [1.82, 2.24) is 4.98 Å². The number of nitrogens with one attached hydrogen (secondary N) is 2. The first-order chi connectivity index (χ1) is 2.89. The minimum Gasteiger partial charge on any atom is -1.00 e. The lowest BCUT2D eigenvalue weighted by atomic mass is 10.8. The highest BCUT2D eigenvalue weighted by molar-refractivity contribution is 4.67. The van der Waals surface area contributed by atoms with E-state index in [4.69, 9.17) is 0 Å². The second-order valence-corrected chi connectivity index (χ2v) is 1.25. The van der Waals surface area contributed by atoms with Crippen LogP contribution in [-0.2, 0) is 0 Å². The Morgan fingerprint density at radius 2 is 2.43 bits per heavy atom. The van der Waals surface area contributed by atoms with Gasteiger partial charge in [-0.2, -0.15) is 0 Å². The van der Waals surface area contributed by atoms with Crippen molar-refractivity contribution >= 4 is 0 Å². The third kappa shape index (κ3) is 1.91. The molecule has 1 rings (SSSR count). The molecule has 1 heterocycles. The summed E-state index contributed by atoms with van der Waals surface area (Å²) in [6.07, 6.45) is 3.71. The maximum absolute atomic E-state index is 2.94. The van der Waals surface area contributed by atoms with Crippen LogP contribution in [0.3, 0.4) is 0 Å². The zero-order valence-electron chi connectivity index (χ0n) is 4.03. The van der Waals surface area contributed by atoms with Gasteiger partial charge in [0.15, 0.2) is 0 Å². The molecule has 3 heteroatoms. The van der Waals surface area contributed by atoms with Gasteiger partial charge in [-0.25, -0.2) is 9.97 Å². The summed E-state index contributed by atoms with van der Waals surface area (Å²) in [4.78, 5) is 5.89. The fraction of sp³-hybridized carbons (Fsp3) is 0.250. The molecule has 2 N–H and O–H groups in total. The number of hydrogen-bond acceptors (Lipinski definition) is 0. The smallest absolute Gasteiger partial charge is 0.248 e. The average molecular weight is 210 g/mol. The predicted octanol–water partition coefficient (Wildman–Crippen LogP) is -2.86. The normalized spacial score (nSPS) is 7.57. The van der Waals surface area contributed by atoms with E-state index < -0.39 is 0 Å². The molecule has 0 spiro atoms. The maximum atomic E-state index is 2.94. The van der Waals surface area contributed by atoms with Crippen LogP contribution in [0, 0.1) is 6.92 Å². The molecule has 0 atom stereocenters. The van der Waals surface area contributed by atoms with Gasteiger partial charge in [0, 0.05) is 6.92 Å². The van der Waals surface area contributed by atoms with Crippen LogP contribution in [0.4, 0.5) is 0 Å². The number of halogens is 1. The summed E-state index contributed by atoms with van der Waals surface area (Å²) in [5.74, 6) is 1.09. The van der Waals surface area contributed by atoms with Crippen LogP contribution < -0.4 is 29.0 Å². The average Bonchev–Trinajstić information content (AvgIpc) is 1.86. The van der Waals surface area contributed by atoms with Gasteiger partial charge in [-0.1, -0.05) is 0 Å². The molecule has 0 aliphatic carbocycles. The van der Waals surface area contributed by atoms with Crippen LogP contribution in [0.5, 0.6) is 0 Å². The molecule has 1 aromatic heterocycles. The fourth-order valence-electron chi connectivity index (χ4n) is 0.375. The molecule has 0 aromatic carbocycles. The van der Waals surface area contributed by atoms with Crippen molar-refractivity contribution in [3.8, 4) is 0 Å². The van der Waals surface area contributed by atoms with E-state index in [0.717, 1.165) is 5.82 Å². The first-order valence-electron chi connectivity index (χ1n) is 1.91. The van der Waals surface area contributed by atoms with Crippen molar-refractivity contribution < 1.29 is 29.0 Å². The number of hydrogen-bond donors (Lipinski definition) is 1. The topological polar surface area (TPSA) is 29.9 Å². The van der Waals surface area contributed by atoms with Gasteiger partial charge in [0.1, 0.15) is 12.4 Å². The second-order valence-electron chi connectivity index (χ2n) is 1.25. The third-order valence-corrected chi connectivity index (χ3v) is 0.683. The van der Waals surface area contributed by atoms with Crippen LogP contribution in [0.25, 0.3) is 0 Å². The van der Waals surface area contributed by atoms with Crippen LogP contribution in [0.2, 0.25) is 0 Å². The second kappa shape index (κ2) is 3.01. The van der Waals surface area contributed by atoms with E-state index in [9.17, 15) is 0 Å². The molecule has 7 heavy (non-hydrogen) atoms. The molecule has 0 saturated carbocycles. The summed E-state index contributed by atoms with van der Waals surface area (Å²) in [5.41, 5.74) is 0. The Labute approximate surface area is 59.4 Å². The zero-order chi connectivity index (χ0) is 4.41. The van der Waals surface area contributed by atoms with Gasteiger partial charge in [-0.05, 0) is 0 Å². The van der Waals surface area contributed by atoms with E-state index in [1.54, 1.807) is 0 Å². The maximum Gasteiger partial charge on any atom is 0.248 e. The van der Waals surface area contributed by atoms with E-state index in [1.807, 2.05) is 19.3 Å². The van der Waals surface area contributed by atoms with Gasteiger partial charge in [-0.3, -0.25) is 0 Å². The predicted molar refractivity (Wildman–Crippen MR) is 22.1 cm³/mol. The number of aromatic nitrogens is 2. The van der Waals surface area contributed by atoms with Crippen molar-refractivity contribution in [3.05, 3.63) is 18.2 Å². The van der Waals surface area contributed by atoms with E-state index in [-0.39, 0.29) is 24.0 Å². The van der Waals surface area contributed by atoms with Gasteiger partial charge in [0.2, 0.25) is 5.82 Å². The molecule has 1 aromatic rings. The van der Waals surface area contributed by atoms with Crippen molar-refractivity contribution in [2.45, 2.75) is 6.92 Å². The van der Waals surface area contributed by atoms with Crippen molar-refractivity contribution in [2.75, 3.05) is 0 Å². The molecule has 0 aliphatic rings. The Morgan fingerprint density at radius 3 is 2.57 bits per heavy atom. The molecule has 0 saturated heterocycles. The van der Waals surface area contributed by atoms with Crippen molar-refractivity contribution in [2.24, 2.45) is 0 Å². The highest BCUT2D eigenvalue weighted by Gasteiger charge is 1.83. The van der Waals surface area contributed by atoms with Gasteiger partial charge < -0.3 is 24.0 Å². The largest absolute Gasteiger partial charge is 1.00 e. The molecule has 0 bridgehead atoms. The summed E-state index contributed by atoms with van der Waals surface area (Å²) in [7, 11) is 0. The Morgan fingerprint density at radius 1 is 1.71 bits per heavy atom. The summed E-state index contributed by atoms with van der Waals surface area (Å²) < 4.78 is 0. The van der Waals surface area contributed by atoms with Gasteiger partial charge in [0.05, 0.1) is 0 Å². The van der Waals surface area contributed by atoms with E-state index >= 15 is 0 Å². The summed E-state index contributed by atoms with van der Waals surface area (Å²) >= 11 is 0. The molecule has 0 unspecified atom stereocenters. The lowest BCUT2D eigenvalue weighted by molar-refractivity contribution is -0.385. The van der Waals surface area contributed by atoms with Gasteiger partial charge in [0.25, 0.3) is 0 Å². The zero-order valence-corrected chi connectivity index (χ0v) is 6.19. The van der Waals surface area contributed by atoms with Gasteiger partial charge >= 0.3 is 0 Å². The lowest BCUT2D eigenvalue weighted by Gasteiger charge is -1.59. The molecule has 40 valence electrons. The summed E-state index contributed by atoms with van der Waals surface area (Å²) in [5, 5.41) is 0. The highest BCUT2D eigenvalue weighted by Crippen LogP contribution is 1.70. The molecule has 0 fully saturated rings. The quantitative estimate of drug-likeness (QED) is 0.446. The third-order valence-electron chi connectivity index (χ3n) is 0.683. The molecule has 0 amide bonds. The Kier molecular flexibility index (Phi) is 2.98. The Balaban J connectivity index is 0.000000360. The standard InChI is InChI=1S/C4H6N2.HI/c1-4-5-2-3-6-4;/h2-3H,1H3,(H,5,6);1H. The number of aromatic amines is 2. The van der Waals surface area contributed by atoms with Crippen molar-refractivity contribution in [3.63, 3.8) is 0 Å². The lowest BCUT2D eigenvalue weighted by Crippen LogP contribution is -3.00. The van der Waals surface area contributed by atoms with Crippen molar-refractivity contribution in [1.29, 1.82) is 0 Å². The van der Waals surface area contributed by atoms with Crippen LogP contribution in [-0.4, -0.2) is 4.98 Å². The first-order valence-corrected chi connectivity index (χ1v) is 1.91. The first kappa shape index (κ1) is 6.94. The molecule has 2 nitrogen and oxygen atoms in total. The molecule has 0 aliphatic heterocycles. The number of aryl methyl sites for hydroxylation is 1.